The molecule has 112 valence electrons. The molecule has 0 aliphatic heterocycles. The maximum atomic E-state index is 12.6. The average Bonchev–Trinajstić information content (AvgIpc) is 2.42. The van der Waals surface area contributed by atoms with Crippen LogP contribution >= 0.6 is 11.6 Å². The summed E-state index contributed by atoms with van der Waals surface area (Å²) in [7, 11) is 3.17. The average molecular weight is 302 g/mol. The molecule has 1 amide bonds. The fourth-order valence-electron chi connectivity index (χ4n) is 1.81. The van der Waals surface area contributed by atoms with Crippen LogP contribution in [0.1, 0.15) is 17.3 Å². The molecule has 2 N–H and O–H groups in total. The van der Waals surface area contributed by atoms with E-state index in [0.29, 0.717) is 25.4 Å². The number of amides is 1. The van der Waals surface area contributed by atoms with Gasteiger partial charge in [0.25, 0.3) is 5.91 Å². The summed E-state index contributed by atoms with van der Waals surface area (Å²) in [4.78, 5) is 18.1. The number of carbonyl (C=O) groups excluding carboxylic acids is 1. The zero-order chi connectivity index (χ0) is 15.1. The molecule has 0 aliphatic carbocycles. The molecule has 0 bridgehead atoms. The van der Waals surface area contributed by atoms with Crippen LogP contribution in [0.15, 0.2) is 12.3 Å². The number of nitrogen functional groups attached to an aromatic ring is 1. The van der Waals surface area contributed by atoms with E-state index in [-0.39, 0.29) is 22.7 Å². The second-order valence-electron chi connectivity index (χ2n) is 4.40. The summed E-state index contributed by atoms with van der Waals surface area (Å²) in [5.41, 5.74) is 6.33. The van der Waals surface area contributed by atoms with Crippen LogP contribution in [0.4, 0.5) is 5.69 Å². The van der Waals surface area contributed by atoms with Crippen molar-refractivity contribution in [3.63, 3.8) is 0 Å². The zero-order valence-corrected chi connectivity index (χ0v) is 12.7. The fourth-order valence-corrected chi connectivity index (χ4v) is 2.00. The molecule has 1 unspecified atom stereocenters. The van der Waals surface area contributed by atoms with Crippen LogP contribution in [0.25, 0.3) is 0 Å². The molecular formula is C13H20ClN3O3. The van der Waals surface area contributed by atoms with Gasteiger partial charge in [-0.1, -0.05) is 11.6 Å². The molecule has 1 atom stereocenters. The van der Waals surface area contributed by atoms with Crippen molar-refractivity contribution in [3.8, 4) is 0 Å². The predicted molar refractivity (Wildman–Crippen MR) is 77.9 cm³/mol. The number of halogens is 1. The Hall–Kier alpha value is -1.37. The lowest BCUT2D eigenvalue weighted by atomic mass is 10.2. The largest absolute Gasteiger partial charge is 0.397 e. The summed E-state index contributed by atoms with van der Waals surface area (Å²) in [5, 5.41) is 0.135. The lowest BCUT2D eigenvalue weighted by Crippen LogP contribution is -2.43. The summed E-state index contributed by atoms with van der Waals surface area (Å²) in [6.07, 6.45) is 1.41. The van der Waals surface area contributed by atoms with Gasteiger partial charge in [-0.3, -0.25) is 4.79 Å². The first-order valence-electron chi connectivity index (χ1n) is 6.21. The second kappa shape index (κ2) is 8.04. The number of hydrogen-bond donors (Lipinski definition) is 1. The smallest absolute Gasteiger partial charge is 0.257 e. The third kappa shape index (κ3) is 4.33. The molecule has 0 fully saturated rings. The van der Waals surface area contributed by atoms with Gasteiger partial charge in [0.2, 0.25) is 0 Å². The van der Waals surface area contributed by atoms with Crippen molar-refractivity contribution in [1.29, 1.82) is 0 Å². The summed E-state index contributed by atoms with van der Waals surface area (Å²) in [6, 6.07) is 1.41. The lowest BCUT2D eigenvalue weighted by Gasteiger charge is -2.29. The molecular weight excluding hydrogens is 282 g/mol. The topological polar surface area (TPSA) is 77.7 Å². The maximum absolute atomic E-state index is 12.6. The van der Waals surface area contributed by atoms with Crippen LogP contribution in [0.5, 0.6) is 0 Å². The van der Waals surface area contributed by atoms with Gasteiger partial charge in [-0.2, -0.15) is 0 Å². The van der Waals surface area contributed by atoms with Crippen molar-refractivity contribution < 1.29 is 14.3 Å². The predicted octanol–water partition coefficient (Wildman–Crippen LogP) is 1.44. The number of aromatic nitrogens is 1. The number of carbonyl (C=O) groups is 1. The van der Waals surface area contributed by atoms with Crippen LogP contribution < -0.4 is 5.73 Å². The number of pyridine rings is 1. The lowest BCUT2D eigenvalue weighted by molar-refractivity contribution is 0.0479. The number of rotatable bonds is 7. The van der Waals surface area contributed by atoms with Crippen molar-refractivity contribution >= 4 is 23.2 Å². The molecule has 7 heteroatoms. The molecule has 1 aromatic heterocycles. The van der Waals surface area contributed by atoms with E-state index < -0.39 is 0 Å². The molecule has 0 saturated carbocycles. The number of nitrogens with zero attached hydrogens (tertiary/aromatic N) is 2. The third-order valence-electron chi connectivity index (χ3n) is 2.83. The number of anilines is 1. The van der Waals surface area contributed by atoms with E-state index >= 15 is 0 Å². The van der Waals surface area contributed by atoms with Crippen LogP contribution in [0, 0.1) is 0 Å². The molecule has 0 aromatic carbocycles. The molecule has 0 saturated heterocycles. The molecule has 1 heterocycles. The SMILES string of the molecule is COCCN(C(=O)c1cc(N)cnc1Cl)C(C)COC. The van der Waals surface area contributed by atoms with Gasteiger partial charge >= 0.3 is 0 Å². The molecule has 0 radical (unpaired) electrons. The zero-order valence-electron chi connectivity index (χ0n) is 11.9. The van der Waals surface area contributed by atoms with Gasteiger partial charge in [0, 0.05) is 20.8 Å². The monoisotopic (exact) mass is 301 g/mol. The normalized spacial score (nSPS) is 12.2. The van der Waals surface area contributed by atoms with E-state index in [4.69, 9.17) is 26.8 Å². The van der Waals surface area contributed by atoms with E-state index in [1.807, 2.05) is 6.92 Å². The van der Waals surface area contributed by atoms with E-state index in [9.17, 15) is 4.79 Å². The first-order chi connectivity index (χ1) is 9.51. The Bertz CT molecular complexity index is 456. The Balaban J connectivity index is 2.99. The highest BCUT2D eigenvalue weighted by Crippen LogP contribution is 2.19. The Kier molecular flexibility index (Phi) is 6.70. The highest BCUT2D eigenvalue weighted by molar-refractivity contribution is 6.32. The van der Waals surface area contributed by atoms with Crippen LogP contribution in [-0.2, 0) is 9.47 Å². The van der Waals surface area contributed by atoms with Gasteiger partial charge in [0.1, 0.15) is 5.15 Å². The minimum Gasteiger partial charge on any atom is -0.397 e. The maximum Gasteiger partial charge on any atom is 0.257 e. The molecule has 20 heavy (non-hydrogen) atoms. The van der Waals surface area contributed by atoms with E-state index in [2.05, 4.69) is 4.98 Å². The standard InChI is InChI=1S/C13H20ClN3O3/c1-9(8-20-3)17(4-5-19-2)13(18)11-6-10(15)7-16-12(11)14/h6-7,9H,4-5,8,15H2,1-3H3. The third-order valence-corrected chi connectivity index (χ3v) is 3.13. The molecule has 6 nitrogen and oxygen atoms in total. The number of nitrogens with two attached hydrogens (primary N) is 1. The minimum absolute atomic E-state index is 0.111. The number of ether oxygens (including phenoxy) is 2. The molecule has 1 rings (SSSR count). The molecule has 0 aliphatic rings. The summed E-state index contributed by atoms with van der Waals surface area (Å²) < 4.78 is 10.1. The van der Waals surface area contributed by atoms with E-state index in [1.54, 1.807) is 19.1 Å². The Morgan fingerprint density at radius 2 is 2.20 bits per heavy atom. The molecule has 1 aromatic rings. The first-order valence-corrected chi connectivity index (χ1v) is 6.59. The minimum atomic E-state index is -0.239. The summed E-state index contributed by atoms with van der Waals surface area (Å²) in [5.74, 6) is -0.239. The van der Waals surface area contributed by atoms with E-state index in [1.165, 1.54) is 12.3 Å². The van der Waals surface area contributed by atoms with Gasteiger partial charge in [0.15, 0.2) is 0 Å². The fraction of sp³-hybridized carbons (Fsp3) is 0.538. The first kappa shape index (κ1) is 16.7. The number of methoxy groups -OCH3 is 2. The van der Waals surface area contributed by atoms with Gasteiger partial charge < -0.3 is 20.1 Å². The van der Waals surface area contributed by atoms with Gasteiger partial charge in [-0.15, -0.1) is 0 Å². The highest BCUT2D eigenvalue weighted by Gasteiger charge is 2.23. The molecule has 0 spiro atoms. The van der Waals surface area contributed by atoms with Gasteiger partial charge in [0.05, 0.1) is 36.7 Å². The van der Waals surface area contributed by atoms with Crippen molar-refractivity contribution in [3.05, 3.63) is 23.0 Å². The second-order valence-corrected chi connectivity index (χ2v) is 4.76. The van der Waals surface area contributed by atoms with Crippen molar-refractivity contribution in [2.24, 2.45) is 0 Å². The van der Waals surface area contributed by atoms with Crippen molar-refractivity contribution in [2.45, 2.75) is 13.0 Å². The Morgan fingerprint density at radius 3 is 2.80 bits per heavy atom. The Morgan fingerprint density at radius 1 is 1.50 bits per heavy atom. The summed E-state index contributed by atoms with van der Waals surface area (Å²) >= 11 is 5.97. The van der Waals surface area contributed by atoms with Crippen molar-refractivity contribution in [1.82, 2.24) is 9.88 Å². The van der Waals surface area contributed by atoms with Gasteiger partial charge in [-0.25, -0.2) is 4.98 Å². The van der Waals surface area contributed by atoms with Crippen LogP contribution in [0.3, 0.4) is 0 Å². The van der Waals surface area contributed by atoms with Gasteiger partial charge in [-0.05, 0) is 13.0 Å². The Labute approximate surface area is 123 Å². The number of hydrogen-bond acceptors (Lipinski definition) is 5. The van der Waals surface area contributed by atoms with Crippen molar-refractivity contribution in [2.75, 3.05) is 39.7 Å². The van der Waals surface area contributed by atoms with E-state index in [0.717, 1.165) is 0 Å². The quantitative estimate of drug-likeness (QED) is 0.771. The van der Waals surface area contributed by atoms with Crippen LogP contribution in [0.2, 0.25) is 5.15 Å². The van der Waals surface area contributed by atoms with Crippen LogP contribution in [-0.4, -0.2) is 55.8 Å². The highest BCUT2D eigenvalue weighted by atomic mass is 35.5. The summed E-state index contributed by atoms with van der Waals surface area (Å²) in [6.45, 7) is 3.17.